The lowest BCUT2D eigenvalue weighted by molar-refractivity contribution is 0.685. The highest BCUT2D eigenvalue weighted by atomic mass is 15.1. The van der Waals surface area contributed by atoms with Crippen molar-refractivity contribution >= 4 is 17.1 Å². The van der Waals surface area contributed by atoms with E-state index >= 15 is 0 Å². The Labute approximate surface area is 335 Å². The minimum atomic E-state index is 0.157. The van der Waals surface area contributed by atoms with Crippen LogP contribution >= 0.6 is 0 Å². The summed E-state index contributed by atoms with van der Waals surface area (Å²) in [7, 11) is 0. The van der Waals surface area contributed by atoms with Gasteiger partial charge in [-0.1, -0.05) is 200 Å². The van der Waals surface area contributed by atoms with E-state index in [4.69, 9.17) is 0 Å². The summed E-state index contributed by atoms with van der Waals surface area (Å²) in [4.78, 5) is 2.37. The molecule has 0 radical (unpaired) electrons. The lowest BCUT2D eigenvalue weighted by Gasteiger charge is -2.36. The SMILES string of the molecule is c1ccc(-c2ccc(N(c3ccc(-c4ccccc4)cc3)c3cccc(-c4cccc(C5c6ccccc6-c6ccccc6C5c5ccccc5)c4)c3)cc2)cc1. The van der Waals surface area contributed by atoms with Crippen molar-refractivity contribution in [2.45, 2.75) is 11.8 Å². The molecule has 0 N–H and O–H groups in total. The van der Waals surface area contributed by atoms with Crippen molar-refractivity contribution in [1.29, 1.82) is 0 Å². The molecule has 0 aromatic heterocycles. The molecule has 9 aromatic carbocycles. The van der Waals surface area contributed by atoms with E-state index in [1.54, 1.807) is 0 Å². The molecule has 1 nitrogen and oxygen atoms in total. The molecule has 10 rings (SSSR count). The van der Waals surface area contributed by atoms with E-state index in [1.807, 2.05) is 0 Å². The van der Waals surface area contributed by atoms with Crippen LogP contribution in [0.3, 0.4) is 0 Å². The summed E-state index contributed by atoms with van der Waals surface area (Å²) in [6.07, 6.45) is 0. The first-order chi connectivity index (χ1) is 28.3. The molecule has 0 aliphatic heterocycles. The average molecular weight is 728 g/mol. The number of anilines is 3. The summed E-state index contributed by atoms with van der Waals surface area (Å²) in [5, 5.41) is 0. The van der Waals surface area contributed by atoms with E-state index < -0.39 is 0 Å². The number of nitrogens with zero attached hydrogens (tertiary/aromatic N) is 1. The number of hydrogen-bond donors (Lipinski definition) is 0. The fourth-order valence-electron chi connectivity index (χ4n) is 8.84. The van der Waals surface area contributed by atoms with Gasteiger partial charge in [-0.15, -0.1) is 0 Å². The van der Waals surface area contributed by atoms with E-state index in [-0.39, 0.29) is 11.8 Å². The van der Waals surface area contributed by atoms with Gasteiger partial charge in [-0.2, -0.15) is 0 Å². The number of hydrogen-bond acceptors (Lipinski definition) is 1. The number of fused-ring (bicyclic) bond motifs is 3. The Kier molecular flexibility index (Phi) is 9.10. The Morgan fingerprint density at radius 1 is 0.246 bits per heavy atom. The minimum Gasteiger partial charge on any atom is -0.310 e. The molecule has 0 saturated heterocycles. The van der Waals surface area contributed by atoms with Crippen molar-refractivity contribution in [2.75, 3.05) is 4.90 Å². The largest absolute Gasteiger partial charge is 0.310 e. The predicted octanol–water partition coefficient (Wildman–Crippen LogP) is 15.1. The van der Waals surface area contributed by atoms with Crippen LogP contribution in [0.4, 0.5) is 17.1 Å². The topological polar surface area (TPSA) is 3.24 Å². The third-order valence-corrected chi connectivity index (χ3v) is 11.5. The maximum absolute atomic E-state index is 2.43. The van der Waals surface area contributed by atoms with E-state index in [2.05, 4.69) is 241 Å². The molecule has 270 valence electrons. The Bertz CT molecular complexity index is 2690. The molecule has 1 aliphatic rings. The van der Waals surface area contributed by atoms with Crippen LogP contribution in [0, 0.1) is 0 Å². The van der Waals surface area contributed by atoms with Crippen molar-refractivity contribution < 1.29 is 0 Å². The Hall–Kier alpha value is -7.22. The molecule has 0 bridgehead atoms. The van der Waals surface area contributed by atoms with Crippen LogP contribution in [-0.2, 0) is 0 Å². The van der Waals surface area contributed by atoms with Crippen LogP contribution in [0.15, 0.2) is 237 Å². The van der Waals surface area contributed by atoms with Gasteiger partial charge < -0.3 is 4.90 Å². The fourth-order valence-corrected chi connectivity index (χ4v) is 8.84. The molecule has 0 spiro atoms. The van der Waals surface area contributed by atoms with Crippen molar-refractivity contribution in [1.82, 2.24) is 0 Å². The monoisotopic (exact) mass is 727 g/mol. The summed E-state index contributed by atoms with van der Waals surface area (Å²) >= 11 is 0. The van der Waals surface area contributed by atoms with Crippen molar-refractivity contribution in [3.63, 3.8) is 0 Å². The van der Waals surface area contributed by atoms with Crippen LogP contribution in [0.2, 0.25) is 0 Å². The molecule has 2 unspecified atom stereocenters. The fraction of sp³-hybridized carbons (Fsp3) is 0.0357. The zero-order chi connectivity index (χ0) is 38.0. The molecule has 1 aliphatic carbocycles. The van der Waals surface area contributed by atoms with Crippen LogP contribution in [-0.4, -0.2) is 0 Å². The summed E-state index contributed by atoms with van der Waals surface area (Å²) in [5.74, 6) is 0.344. The Balaban J connectivity index is 1.07. The molecule has 2 atom stereocenters. The second-order valence-corrected chi connectivity index (χ2v) is 14.9. The first kappa shape index (κ1) is 34.3. The zero-order valence-electron chi connectivity index (χ0n) is 31.6. The highest BCUT2D eigenvalue weighted by Gasteiger charge is 2.35. The molecule has 9 aromatic rings. The minimum absolute atomic E-state index is 0.157. The summed E-state index contributed by atoms with van der Waals surface area (Å²) in [6, 6.07) is 86.4. The number of benzene rings is 9. The second-order valence-electron chi connectivity index (χ2n) is 14.9. The smallest absolute Gasteiger partial charge is 0.0467 e. The van der Waals surface area contributed by atoms with Gasteiger partial charge in [0.15, 0.2) is 0 Å². The molecule has 0 heterocycles. The van der Waals surface area contributed by atoms with Crippen LogP contribution in [0.1, 0.15) is 34.1 Å². The maximum atomic E-state index is 2.43. The Morgan fingerprint density at radius 2 is 0.632 bits per heavy atom. The van der Waals surface area contributed by atoms with Gasteiger partial charge in [0.25, 0.3) is 0 Å². The van der Waals surface area contributed by atoms with Gasteiger partial charge in [-0.05, 0) is 103 Å². The Morgan fingerprint density at radius 3 is 1.18 bits per heavy atom. The molecule has 0 saturated carbocycles. The van der Waals surface area contributed by atoms with E-state index in [9.17, 15) is 0 Å². The molecule has 0 fully saturated rings. The highest BCUT2D eigenvalue weighted by molar-refractivity contribution is 5.83. The molecular weight excluding hydrogens is 687 g/mol. The average Bonchev–Trinajstić information content (AvgIpc) is 3.30. The zero-order valence-corrected chi connectivity index (χ0v) is 31.6. The second kappa shape index (κ2) is 15.1. The van der Waals surface area contributed by atoms with Gasteiger partial charge in [0.1, 0.15) is 0 Å². The summed E-state index contributed by atoms with van der Waals surface area (Å²) < 4.78 is 0. The van der Waals surface area contributed by atoms with Crippen LogP contribution in [0.5, 0.6) is 0 Å². The molecule has 1 heteroatoms. The molecule has 0 amide bonds. The standard InChI is InChI=1S/C56H41N/c1-4-16-40(17-5-1)42-30-34-48(35-31-42)57(49-36-32-43(33-37-49)41-18-6-2-7-19-41)50-25-15-23-46(39-50)45-22-14-24-47(38-45)56-54-29-13-11-27-52(54)51-26-10-12-28-53(51)55(56)44-20-8-3-9-21-44/h1-39,55-56H. The highest BCUT2D eigenvalue weighted by Crippen LogP contribution is 2.52. The van der Waals surface area contributed by atoms with E-state index in [1.165, 1.54) is 66.8 Å². The molecular formula is C56H41N. The lowest BCUT2D eigenvalue weighted by atomic mass is 9.66. The third kappa shape index (κ3) is 6.64. The number of rotatable bonds is 8. The first-order valence-corrected chi connectivity index (χ1v) is 19.8. The van der Waals surface area contributed by atoms with E-state index in [0.717, 1.165) is 17.1 Å². The van der Waals surface area contributed by atoms with Gasteiger partial charge in [0.2, 0.25) is 0 Å². The van der Waals surface area contributed by atoms with Crippen molar-refractivity contribution in [2.24, 2.45) is 0 Å². The van der Waals surface area contributed by atoms with Gasteiger partial charge in [0, 0.05) is 28.9 Å². The molecule has 57 heavy (non-hydrogen) atoms. The quantitative estimate of drug-likeness (QED) is 0.151. The van der Waals surface area contributed by atoms with Gasteiger partial charge in [0.05, 0.1) is 0 Å². The van der Waals surface area contributed by atoms with Crippen molar-refractivity contribution in [3.8, 4) is 44.5 Å². The van der Waals surface area contributed by atoms with Gasteiger partial charge in [-0.25, -0.2) is 0 Å². The lowest BCUT2D eigenvalue weighted by Crippen LogP contribution is -2.20. The summed E-state index contributed by atoms with van der Waals surface area (Å²) in [6.45, 7) is 0. The predicted molar refractivity (Wildman–Crippen MR) is 239 cm³/mol. The summed E-state index contributed by atoms with van der Waals surface area (Å²) in [5.41, 5.74) is 18.6. The van der Waals surface area contributed by atoms with Crippen LogP contribution in [0.25, 0.3) is 44.5 Å². The van der Waals surface area contributed by atoms with Gasteiger partial charge in [-0.3, -0.25) is 0 Å². The van der Waals surface area contributed by atoms with Crippen molar-refractivity contribution in [3.05, 3.63) is 259 Å². The first-order valence-electron chi connectivity index (χ1n) is 19.8. The van der Waals surface area contributed by atoms with Crippen LogP contribution < -0.4 is 4.90 Å². The van der Waals surface area contributed by atoms with E-state index in [0.29, 0.717) is 0 Å². The third-order valence-electron chi connectivity index (χ3n) is 11.5. The maximum Gasteiger partial charge on any atom is 0.0467 e. The van der Waals surface area contributed by atoms with Gasteiger partial charge >= 0.3 is 0 Å². The normalized spacial score (nSPS) is 14.3.